The van der Waals surface area contributed by atoms with E-state index in [0.29, 0.717) is 37.6 Å². The fourth-order valence-corrected chi connectivity index (χ4v) is 4.96. The Balaban J connectivity index is 1.33. The van der Waals surface area contributed by atoms with E-state index in [4.69, 9.17) is 4.74 Å². The van der Waals surface area contributed by atoms with Crippen molar-refractivity contribution in [2.24, 2.45) is 0 Å². The molecule has 4 heterocycles. The molecule has 1 N–H and O–H groups in total. The Morgan fingerprint density at radius 3 is 3.03 bits per heavy atom. The molecule has 10 heteroatoms. The minimum atomic E-state index is -0.250. The van der Waals surface area contributed by atoms with E-state index in [1.54, 1.807) is 12.4 Å². The molecule has 0 spiro atoms. The van der Waals surface area contributed by atoms with Crippen molar-refractivity contribution in [3.05, 3.63) is 47.2 Å². The summed E-state index contributed by atoms with van der Waals surface area (Å²) in [5, 5.41) is 11.7. The second-order valence-electron chi connectivity index (χ2n) is 9.26. The SMILES string of the molecule is CN(C)CC(=O)N1CCC[C@H](c2cnc(NCc3c(F)ccc4c3CCO4)n3cnnc23)CC1. The average molecular weight is 468 g/mol. The zero-order chi connectivity index (χ0) is 23.7. The van der Waals surface area contributed by atoms with Crippen molar-refractivity contribution in [2.45, 2.75) is 38.1 Å². The topological polar surface area (TPSA) is 87.9 Å². The Hall–Kier alpha value is -3.27. The third-order valence-corrected chi connectivity index (χ3v) is 6.70. The molecule has 1 fully saturated rings. The van der Waals surface area contributed by atoms with E-state index in [0.717, 1.165) is 54.9 Å². The summed E-state index contributed by atoms with van der Waals surface area (Å²) in [4.78, 5) is 21.0. The highest BCUT2D eigenvalue weighted by molar-refractivity contribution is 5.78. The Kier molecular flexibility index (Phi) is 6.32. The van der Waals surface area contributed by atoms with Gasteiger partial charge in [-0.2, -0.15) is 0 Å². The number of carbonyl (C=O) groups is 1. The Morgan fingerprint density at radius 2 is 2.18 bits per heavy atom. The number of rotatable bonds is 6. The van der Waals surface area contributed by atoms with E-state index < -0.39 is 0 Å². The van der Waals surface area contributed by atoms with E-state index in [9.17, 15) is 9.18 Å². The van der Waals surface area contributed by atoms with Crippen molar-refractivity contribution in [2.75, 3.05) is 45.7 Å². The highest BCUT2D eigenvalue weighted by atomic mass is 19.1. The molecule has 34 heavy (non-hydrogen) atoms. The maximum Gasteiger partial charge on any atom is 0.236 e. The second kappa shape index (κ2) is 9.54. The number of likely N-dealkylation sites (tertiary alicyclic amines) is 1. The van der Waals surface area contributed by atoms with E-state index in [1.807, 2.05) is 34.5 Å². The number of anilines is 1. The first-order chi connectivity index (χ1) is 16.5. The molecule has 0 unspecified atom stereocenters. The van der Waals surface area contributed by atoms with Crippen LogP contribution in [0.4, 0.5) is 10.3 Å². The summed E-state index contributed by atoms with van der Waals surface area (Å²) in [7, 11) is 3.82. The molecule has 1 saturated heterocycles. The van der Waals surface area contributed by atoms with Crippen molar-refractivity contribution in [3.8, 4) is 5.75 Å². The lowest BCUT2D eigenvalue weighted by molar-refractivity contribution is -0.131. The van der Waals surface area contributed by atoms with Gasteiger partial charge in [-0.1, -0.05) is 0 Å². The first kappa shape index (κ1) is 22.5. The summed E-state index contributed by atoms with van der Waals surface area (Å²) >= 11 is 0. The zero-order valence-corrected chi connectivity index (χ0v) is 19.6. The maximum absolute atomic E-state index is 14.5. The predicted molar refractivity (Wildman–Crippen MR) is 125 cm³/mol. The quantitative estimate of drug-likeness (QED) is 0.596. The van der Waals surface area contributed by atoms with Crippen molar-refractivity contribution >= 4 is 17.5 Å². The van der Waals surface area contributed by atoms with Crippen LogP contribution in [-0.2, 0) is 17.8 Å². The minimum Gasteiger partial charge on any atom is -0.493 e. The van der Waals surface area contributed by atoms with Crippen molar-refractivity contribution in [1.82, 2.24) is 29.4 Å². The molecule has 2 aliphatic heterocycles. The van der Waals surface area contributed by atoms with E-state index in [-0.39, 0.29) is 17.6 Å². The molecule has 2 aliphatic rings. The lowest BCUT2D eigenvalue weighted by atomic mass is 9.94. The largest absolute Gasteiger partial charge is 0.493 e. The van der Waals surface area contributed by atoms with Crippen molar-refractivity contribution < 1.29 is 13.9 Å². The Labute approximate surface area is 197 Å². The highest BCUT2D eigenvalue weighted by Crippen LogP contribution is 2.32. The lowest BCUT2D eigenvalue weighted by Crippen LogP contribution is -2.38. The number of fused-ring (bicyclic) bond motifs is 2. The average Bonchev–Trinajstić information content (AvgIpc) is 3.42. The van der Waals surface area contributed by atoms with Crippen LogP contribution < -0.4 is 10.1 Å². The van der Waals surface area contributed by atoms with Gasteiger partial charge in [-0.05, 0) is 51.4 Å². The molecule has 1 atom stereocenters. The Morgan fingerprint density at radius 1 is 1.29 bits per heavy atom. The van der Waals surface area contributed by atoms with Gasteiger partial charge in [0.2, 0.25) is 11.9 Å². The molecule has 0 aliphatic carbocycles. The van der Waals surface area contributed by atoms with Crippen LogP contribution in [0.5, 0.6) is 5.75 Å². The smallest absolute Gasteiger partial charge is 0.236 e. The van der Waals surface area contributed by atoms with Gasteiger partial charge in [-0.25, -0.2) is 9.37 Å². The predicted octanol–water partition coefficient (Wildman–Crippen LogP) is 2.47. The van der Waals surface area contributed by atoms with Gasteiger partial charge in [-0.3, -0.25) is 9.20 Å². The number of amides is 1. The molecule has 1 aromatic carbocycles. The molecular formula is C24H30FN7O2. The van der Waals surface area contributed by atoms with Crippen LogP contribution in [0.1, 0.15) is 41.9 Å². The van der Waals surface area contributed by atoms with Crippen LogP contribution in [0.3, 0.4) is 0 Å². The number of hydrogen-bond acceptors (Lipinski definition) is 7. The Bertz CT molecular complexity index is 1200. The maximum atomic E-state index is 14.5. The number of ether oxygens (including phenoxy) is 1. The number of carbonyl (C=O) groups excluding carboxylic acids is 1. The number of halogens is 1. The molecule has 180 valence electrons. The summed E-state index contributed by atoms with van der Waals surface area (Å²) in [6.07, 6.45) is 6.94. The van der Waals surface area contributed by atoms with Gasteiger partial charge in [0.1, 0.15) is 17.9 Å². The number of aromatic nitrogens is 4. The molecule has 1 amide bonds. The molecule has 2 aromatic heterocycles. The van der Waals surface area contributed by atoms with Crippen LogP contribution in [0.25, 0.3) is 5.65 Å². The summed E-state index contributed by atoms with van der Waals surface area (Å²) < 4.78 is 21.9. The van der Waals surface area contributed by atoms with Gasteiger partial charge in [0.05, 0.1) is 13.2 Å². The monoisotopic (exact) mass is 467 g/mol. The molecule has 0 radical (unpaired) electrons. The molecular weight excluding hydrogens is 437 g/mol. The number of likely N-dealkylation sites (N-methyl/N-ethyl adjacent to an activating group) is 1. The number of hydrogen-bond donors (Lipinski definition) is 1. The first-order valence-electron chi connectivity index (χ1n) is 11.8. The number of benzene rings is 1. The van der Waals surface area contributed by atoms with E-state index in [1.165, 1.54) is 6.07 Å². The van der Waals surface area contributed by atoms with Crippen LogP contribution in [0.15, 0.2) is 24.7 Å². The summed E-state index contributed by atoms with van der Waals surface area (Å²) in [6.45, 7) is 2.80. The van der Waals surface area contributed by atoms with Crippen LogP contribution >= 0.6 is 0 Å². The van der Waals surface area contributed by atoms with Gasteiger partial charge in [0, 0.05) is 48.9 Å². The van der Waals surface area contributed by atoms with E-state index >= 15 is 0 Å². The fraction of sp³-hybridized carbons (Fsp3) is 0.500. The minimum absolute atomic E-state index is 0.168. The third kappa shape index (κ3) is 4.42. The first-order valence-corrected chi connectivity index (χ1v) is 11.8. The normalized spacial score (nSPS) is 18.1. The van der Waals surface area contributed by atoms with Gasteiger partial charge in [0.15, 0.2) is 5.65 Å². The number of nitrogens with one attached hydrogen (secondary N) is 1. The molecule has 5 rings (SSSR count). The van der Waals surface area contributed by atoms with Gasteiger partial charge in [-0.15, -0.1) is 10.2 Å². The highest BCUT2D eigenvalue weighted by Gasteiger charge is 2.25. The fourth-order valence-electron chi connectivity index (χ4n) is 4.96. The van der Waals surface area contributed by atoms with Crippen LogP contribution in [0.2, 0.25) is 0 Å². The lowest BCUT2D eigenvalue weighted by Gasteiger charge is -2.22. The van der Waals surface area contributed by atoms with E-state index in [2.05, 4.69) is 20.5 Å². The zero-order valence-electron chi connectivity index (χ0n) is 19.6. The van der Waals surface area contributed by atoms with Gasteiger partial charge >= 0.3 is 0 Å². The summed E-state index contributed by atoms with van der Waals surface area (Å²) in [5.74, 6) is 1.48. The molecule has 0 bridgehead atoms. The summed E-state index contributed by atoms with van der Waals surface area (Å²) in [6, 6.07) is 3.14. The standard InChI is InChI=1S/C24H30FN7O2/c1-30(2)14-22(33)31-9-3-4-16(7-10-31)18-12-26-24(32-15-28-29-23(18)32)27-13-19-17-8-11-34-21(17)6-5-20(19)25/h5-6,12,15-16H,3-4,7-11,13-14H2,1-2H3,(H,26,27)/t16-/m0/s1. The van der Waals surface area contributed by atoms with Gasteiger partial charge < -0.3 is 19.9 Å². The number of nitrogens with zero attached hydrogens (tertiary/aromatic N) is 6. The van der Waals surface area contributed by atoms with Crippen molar-refractivity contribution in [1.29, 1.82) is 0 Å². The molecule has 0 saturated carbocycles. The van der Waals surface area contributed by atoms with Crippen molar-refractivity contribution in [3.63, 3.8) is 0 Å². The molecule has 9 nitrogen and oxygen atoms in total. The molecule has 3 aromatic rings. The van der Waals surface area contributed by atoms with Crippen LogP contribution in [0, 0.1) is 5.82 Å². The third-order valence-electron chi connectivity index (χ3n) is 6.70. The summed E-state index contributed by atoms with van der Waals surface area (Å²) in [5.41, 5.74) is 3.30. The van der Waals surface area contributed by atoms with Crippen LogP contribution in [-0.4, -0.2) is 75.6 Å². The van der Waals surface area contributed by atoms with Gasteiger partial charge in [0.25, 0.3) is 0 Å². The second-order valence-corrected chi connectivity index (χ2v) is 9.26.